The molecule has 1 aliphatic heterocycles. The highest BCUT2D eigenvalue weighted by Gasteiger charge is 2.34. The molecule has 4 rings (SSSR count). The van der Waals surface area contributed by atoms with E-state index in [0.717, 1.165) is 24.2 Å². The second kappa shape index (κ2) is 11.4. The zero-order valence-electron chi connectivity index (χ0n) is 19.5. The third-order valence-corrected chi connectivity index (χ3v) is 7.67. The van der Waals surface area contributed by atoms with E-state index in [1.165, 1.54) is 10.4 Å². The van der Waals surface area contributed by atoms with Crippen LogP contribution in [0.4, 0.5) is 13.2 Å². The molecule has 2 heterocycles. The summed E-state index contributed by atoms with van der Waals surface area (Å²) in [5.74, 6) is 0.626. The van der Waals surface area contributed by atoms with Gasteiger partial charge in [-0.1, -0.05) is 24.3 Å². The standard InChI is InChI=1S/C26H27F3N2O4S/c27-26(28,29)21-5-3-8-25(17-21)36(32,33)31(19-24-7-4-15-34-24)18-20-9-11-23(12-10-20)35-16-13-22-6-1-2-14-30-22/h1-3,5-6,8-12,14,17,24H,4,7,13,15-16,18-19H2/t24-/m1/s1. The van der Waals surface area contributed by atoms with Gasteiger partial charge < -0.3 is 9.47 Å². The number of sulfonamides is 1. The topological polar surface area (TPSA) is 68.7 Å². The minimum atomic E-state index is -4.64. The first kappa shape index (κ1) is 26.1. The Kier molecular flexibility index (Phi) is 8.28. The third-order valence-electron chi connectivity index (χ3n) is 5.87. The summed E-state index contributed by atoms with van der Waals surface area (Å²) in [4.78, 5) is 3.85. The summed E-state index contributed by atoms with van der Waals surface area (Å²) in [5, 5.41) is 0. The Morgan fingerprint density at radius 3 is 2.53 bits per heavy atom. The molecule has 0 saturated carbocycles. The lowest BCUT2D eigenvalue weighted by atomic mass is 10.2. The molecule has 0 unspecified atom stereocenters. The van der Waals surface area contributed by atoms with E-state index in [2.05, 4.69) is 4.98 Å². The molecule has 0 aliphatic carbocycles. The van der Waals surface area contributed by atoms with E-state index in [0.29, 0.717) is 43.4 Å². The quantitative estimate of drug-likeness (QED) is 0.373. The van der Waals surface area contributed by atoms with Crippen molar-refractivity contribution in [2.75, 3.05) is 19.8 Å². The van der Waals surface area contributed by atoms with Crippen molar-refractivity contribution in [2.45, 2.75) is 43.0 Å². The smallest absolute Gasteiger partial charge is 0.416 e. The van der Waals surface area contributed by atoms with Gasteiger partial charge in [-0.05, 0) is 60.9 Å². The monoisotopic (exact) mass is 520 g/mol. The van der Waals surface area contributed by atoms with Crippen LogP contribution < -0.4 is 4.74 Å². The molecular formula is C26H27F3N2O4S. The first-order valence-electron chi connectivity index (χ1n) is 11.6. The predicted octanol–water partition coefficient (Wildman–Crippen LogP) is 5.09. The highest BCUT2D eigenvalue weighted by molar-refractivity contribution is 7.89. The van der Waals surface area contributed by atoms with Crippen LogP contribution in [0.1, 0.15) is 29.7 Å². The third kappa shape index (κ3) is 6.83. The van der Waals surface area contributed by atoms with Gasteiger partial charge in [-0.15, -0.1) is 0 Å². The number of ether oxygens (including phenoxy) is 2. The number of halogens is 3. The van der Waals surface area contributed by atoms with Crippen molar-refractivity contribution in [3.05, 3.63) is 89.7 Å². The van der Waals surface area contributed by atoms with Gasteiger partial charge in [0, 0.05) is 38.0 Å². The predicted molar refractivity (Wildman–Crippen MR) is 128 cm³/mol. The van der Waals surface area contributed by atoms with Crippen LogP contribution in [0, 0.1) is 0 Å². The van der Waals surface area contributed by atoms with E-state index in [1.54, 1.807) is 30.5 Å². The number of benzene rings is 2. The van der Waals surface area contributed by atoms with E-state index >= 15 is 0 Å². The Morgan fingerprint density at radius 1 is 1.06 bits per heavy atom. The minimum absolute atomic E-state index is 0.00729. The van der Waals surface area contributed by atoms with E-state index < -0.39 is 26.7 Å². The molecule has 1 aromatic heterocycles. The van der Waals surface area contributed by atoms with Crippen molar-refractivity contribution >= 4 is 10.0 Å². The molecule has 192 valence electrons. The first-order valence-corrected chi connectivity index (χ1v) is 13.1. The molecule has 1 atom stereocenters. The molecule has 2 aromatic carbocycles. The van der Waals surface area contributed by atoms with Gasteiger partial charge in [0.25, 0.3) is 0 Å². The van der Waals surface area contributed by atoms with Crippen molar-refractivity contribution in [3.8, 4) is 5.75 Å². The molecule has 36 heavy (non-hydrogen) atoms. The number of hydrogen-bond acceptors (Lipinski definition) is 5. The summed E-state index contributed by atoms with van der Waals surface area (Å²) in [6.45, 7) is 1.02. The lowest BCUT2D eigenvalue weighted by Gasteiger charge is -2.25. The molecule has 6 nitrogen and oxygen atoms in total. The Bertz CT molecular complexity index is 1230. The fourth-order valence-electron chi connectivity index (χ4n) is 3.96. The van der Waals surface area contributed by atoms with Gasteiger partial charge in [-0.2, -0.15) is 17.5 Å². The van der Waals surface area contributed by atoms with Gasteiger partial charge in [0.05, 0.1) is 23.2 Å². The Labute approximate surface area is 208 Å². The lowest BCUT2D eigenvalue weighted by Crippen LogP contribution is -2.37. The van der Waals surface area contributed by atoms with Crippen LogP contribution in [0.3, 0.4) is 0 Å². The van der Waals surface area contributed by atoms with Gasteiger partial charge in [-0.3, -0.25) is 4.98 Å². The van der Waals surface area contributed by atoms with Crippen LogP contribution in [0.5, 0.6) is 5.75 Å². The Morgan fingerprint density at radius 2 is 1.86 bits per heavy atom. The van der Waals surface area contributed by atoms with E-state index in [1.807, 2.05) is 18.2 Å². The van der Waals surface area contributed by atoms with Crippen LogP contribution >= 0.6 is 0 Å². The zero-order chi connectivity index (χ0) is 25.6. The van der Waals surface area contributed by atoms with E-state index in [9.17, 15) is 21.6 Å². The van der Waals surface area contributed by atoms with Crippen LogP contribution in [0.2, 0.25) is 0 Å². The number of nitrogens with zero attached hydrogens (tertiary/aromatic N) is 2. The van der Waals surface area contributed by atoms with Crippen molar-refractivity contribution < 1.29 is 31.1 Å². The van der Waals surface area contributed by atoms with E-state index in [-0.39, 0.29) is 19.2 Å². The maximum Gasteiger partial charge on any atom is 0.416 e. The molecule has 0 bridgehead atoms. The summed E-state index contributed by atoms with van der Waals surface area (Å²) >= 11 is 0. The summed E-state index contributed by atoms with van der Waals surface area (Å²) < 4.78 is 79.0. The molecule has 1 fully saturated rings. The molecule has 10 heteroatoms. The second-order valence-electron chi connectivity index (χ2n) is 8.52. The first-order chi connectivity index (χ1) is 17.2. The maximum atomic E-state index is 13.4. The molecule has 3 aromatic rings. The molecular weight excluding hydrogens is 493 g/mol. The second-order valence-corrected chi connectivity index (χ2v) is 10.5. The largest absolute Gasteiger partial charge is 0.493 e. The summed E-state index contributed by atoms with van der Waals surface area (Å²) in [5.41, 5.74) is 0.590. The van der Waals surface area contributed by atoms with Crippen molar-refractivity contribution in [3.63, 3.8) is 0 Å². The highest BCUT2D eigenvalue weighted by Crippen LogP contribution is 2.32. The van der Waals surface area contributed by atoms with Crippen molar-refractivity contribution in [1.82, 2.24) is 9.29 Å². The van der Waals surface area contributed by atoms with Crippen LogP contribution in [0.25, 0.3) is 0 Å². The number of hydrogen-bond donors (Lipinski definition) is 0. The average Bonchev–Trinajstić information content (AvgIpc) is 3.38. The fraction of sp³-hybridized carbons (Fsp3) is 0.346. The van der Waals surface area contributed by atoms with Crippen LogP contribution in [-0.4, -0.2) is 43.6 Å². The number of alkyl halides is 3. The molecule has 1 saturated heterocycles. The van der Waals surface area contributed by atoms with Gasteiger partial charge in [0.1, 0.15) is 5.75 Å². The normalized spacial score (nSPS) is 16.4. The highest BCUT2D eigenvalue weighted by atomic mass is 32.2. The Balaban J connectivity index is 1.48. The number of pyridine rings is 1. The summed E-state index contributed by atoms with van der Waals surface area (Å²) in [6.07, 6.45) is -1.08. The summed E-state index contributed by atoms with van der Waals surface area (Å²) in [7, 11) is -4.21. The minimum Gasteiger partial charge on any atom is -0.493 e. The van der Waals surface area contributed by atoms with Gasteiger partial charge in [0.15, 0.2) is 0 Å². The van der Waals surface area contributed by atoms with Crippen LogP contribution in [-0.2, 0) is 33.9 Å². The number of aromatic nitrogens is 1. The lowest BCUT2D eigenvalue weighted by molar-refractivity contribution is -0.137. The Hall–Kier alpha value is -2.95. The maximum absolute atomic E-state index is 13.4. The molecule has 0 spiro atoms. The van der Waals surface area contributed by atoms with E-state index in [4.69, 9.17) is 9.47 Å². The molecule has 0 amide bonds. The molecule has 1 aliphatic rings. The van der Waals surface area contributed by atoms with Crippen molar-refractivity contribution in [1.29, 1.82) is 0 Å². The van der Waals surface area contributed by atoms with Gasteiger partial charge in [-0.25, -0.2) is 8.42 Å². The fourth-order valence-corrected chi connectivity index (χ4v) is 5.47. The van der Waals surface area contributed by atoms with Crippen molar-refractivity contribution in [2.24, 2.45) is 0 Å². The van der Waals surface area contributed by atoms with Gasteiger partial charge in [0.2, 0.25) is 10.0 Å². The molecule has 0 radical (unpaired) electrons. The average molecular weight is 521 g/mol. The summed E-state index contributed by atoms with van der Waals surface area (Å²) in [6, 6.07) is 16.5. The zero-order valence-corrected chi connectivity index (χ0v) is 20.3. The number of rotatable bonds is 10. The van der Waals surface area contributed by atoms with Gasteiger partial charge >= 0.3 is 6.18 Å². The molecule has 0 N–H and O–H groups in total. The van der Waals surface area contributed by atoms with Crippen LogP contribution in [0.15, 0.2) is 77.8 Å². The SMILES string of the molecule is O=S(=O)(c1cccc(C(F)(F)F)c1)N(Cc1ccc(OCCc2ccccn2)cc1)C[C@H]1CCCO1.